The summed E-state index contributed by atoms with van der Waals surface area (Å²) in [6, 6.07) is 7.83. The zero-order valence-corrected chi connectivity index (χ0v) is 18.3. The van der Waals surface area contributed by atoms with E-state index >= 15 is 0 Å². The number of anilines is 1. The van der Waals surface area contributed by atoms with Gasteiger partial charge in [-0.25, -0.2) is 4.99 Å². The summed E-state index contributed by atoms with van der Waals surface area (Å²) in [5.74, 6) is -2.06. The lowest BCUT2D eigenvalue weighted by Crippen LogP contribution is -2.58. The second kappa shape index (κ2) is 8.09. The lowest BCUT2D eigenvalue weighted by Gasteiger charge is -2.31. The molecule has 1 aliphatic heterocycles. The third-order valence-corrected chi connectivity index (χ3v) is 7.04. The lowest BCUT2D eigenvalue weighted by atomic mass is 9.96. The van der Waals surface area contributed by atoms with E-state index in [-0.39, 0.29) is 5.11 Å². The van der Waals surface area contributed by atoms with E-state index in [4.69, 9.17) is 12.2 Å². The summed E-state index contributed by atoms with van der Waals surface area (Å²) >= 11 is 6.73. The van der Waals surface area contributed by atoms with Gasteiger partial charge >= 0.3 is 0 Å². The molecular weight excluding hydrogens is 416 g/mol. The van der Waals surface area contributed by atoms with Crippen LogP contribution < -0.4 is 10.2 Å². The van der Waals surface area contributed by atoms with E-state index < -0.39 is 17.7 Å². The molecular formula is C22H20N4O2S2. The van der Waals surface area contributed by atoms with E-state index in [0.717, 1.165) is 42.4 Å². The number of benzene rings is 1. The molecule has 8 heteroatoms. The number of aliphatic imine (C=N–C) groups is 1. The molecule has 1 aromatic heterocycles. The second-order valence-electron chi connectivity index (χ2n) is 7.50. The van der Waals surface area contributed by atoms with Crippen LogP contribution >= 0.6 is 23.6 Å². The zero-order valence-electron chi connectivity index (χ0n) is 16.7. The van der Waals surface area contributed by atoms with Crippen LogP contribution in [-0.4, -0.2) is 23.1 Å². The van der Waals surface area contributed by atoms with Crippen LogP contribution in [-0.2, 0) is 22.4 Å². The van der Waals surface area contributed by atoms with Crippen LogP contribution in [0.5, 0.6) is 0 Å². The molecule has 4 rings (SSSR count). The van der Waals surface area contributed by atoms with Crippen LogP contribution in [0, 0.1) is 31.1 Å². The first-order valence-electron chi connectivity index (χ1n) is 9.75. The molecule has 1 aromatic carbocycles. The molecule has 1 fully saturated rings. The van der Waals surface area contributed by atoms with E-state index in [1.807, 2.05) is 26.0 Å². The molecule has 1 saturated heterocycles. The Hall–Kier alpha value is -2.89. The van der Waals surface area contributed by atoms with E-state index in [2.05, 4.69) is 16.4 Å². The largest absolute Gasteiger partial charge is 0.301 e. The number of amides is 2. The van der Waals surface area contributed by atoms with Crippen molar-refractivity contribution >= 4 is 57.4 Å². The minimum atomic E-state index is -1.11. The fourth-order valence-electron chi connectivity index (χ4n) is 3.73. The minimum absolute atomic E-state index is 0.0576. The van der Waals surface area contributed by atoms with Crippen molar-refractivity contribution in [2.75, 3.05) is 4.90 Å². The maximum atomic E-state index is 13.1. The molecule has 1 aliphatic carbocycles. The van der Waals surface area contributed by atoms with Gasteiger partial charge in [0.15, 0.2) is 11.0 Å². The quantitative estimate of drug-likeness (QED) is 0.449. The van der Waals surface area contributed by atoms with Gasteiger partial charge in [0.2, 0.25) is 5.91 Å². The van der Waals surface area contributed by atoms with Crippen LogP contribution in [0.4, 0.5) is 10.7 Å². The van der Waals surface area contributed by atoms with Gasteiger partial charge in [-0.2, -0.15) is 5.26 Å². The highest BCUT2D eigenvalue weighted by atomic mass is 32.1. The first-order chi connectivity index (χ1) is 14.4. The molecule has 152 valence electrons. The number of thiocarbonyl (C=S) groups is 1. The SMILES string of the molecule is Cc1ccc(N2C(=O)C(/C=N/c3sc4c(c3C#N)CCCC4)C(=O)NC2=S)cc1C. The van der Waals surface area contributed by atoms with Crippen molar-refractivity contribution in [1.29, 1.82) is 5.26 Å². The van der Waals surface area contributed by atoms with Gasteiger partial charge in [-0.3, -0.25) is 14.5 Å². The van der Waals surface area contributed by atoms with E-state index in [0.29, 0.717) is 16.3 Å². The number of aryl methyl sites for hydroxylation is 3. The van der Waals surface area contributed by atoms with Gasteiger partial charge in [0, 0.05) is 11.1 Å². The number of carbonyl (C=O) groups excluding carboxylic acids is 2. The molecule has 2 heterocycles. The normalized spacial score (nSPS) is 19.0. The Morgan fingerprint density at radius 3 is 2.77 bits per heavy atom. The highest BCUT2D eigenvalue weighted by Crippen LogP contribution is 2.39. The number of rotatable bonds is 3. The first-order valence-corrected chi connectivity index (χ1v) is 11.0. The molecule has 0 bridgehead atoms. The summed E-state index contributed by atoms with van der Waals surface area (Å²) < 4.78 is 0. The Bertz CT molecular complexity index is 1140. The highest BCUT2D eigenvalue weighted by molar-refractivity contribution is 7.80. The van der Waals surface area contributed by atoms with Gasteiger partial charge in [-0.1, -0.05) is 6.07 Å². The molecule has 2 aliphatic rings. The summed E-state index contributed by atoms with van der Waals surface area (Å²) in [6.07, 6.45) is 5.33. The molecule has 2 aromatic rings. The van der Waals surface area contributed by atoms with Crippen molar-refractivity contribution < 1.29 is 9.59 Å². The molecule has 2 amide bonds. The third kappa shape index (κ3) is 3.55. The molecule has 0 saturated carbocycles. The van der Waals surface area contributed by atoms with Gasteiger partial charge in [0.1, 0.15) is 11.1 Å². The molecule has 1 atom stereocenters. The number of hydrogen-bond donors (Lipinski definition) is 1. The maximum Gasteiger partial charge on any atom is 0.251 e. The molecule has 30 heavy (non-hydrogen) atoms. The van der Waals surface area contributed by atoms with Gasteiger partial charge in [-0.05, 0) is 80.6 Å². The van der Waals surface area contributed by atoms with Crippen molar-refractivity contribution in [2.24, 2.45) is 10.9 Å². The number of carbonyl (C=O) groups is 2. The number of hydrogen-bond acceptors (Lipinski definition) is 6. The third-order valence-electron chi connectivity index (χ3n) is 5.56. The monoisotopic (exact) mass is 436 g/mol. The van der Waals surface area contributed by atoms with Crippen LogP contribution in [0.3, 0.4) is 0 Å². The lowest BCUT2D eigenvalue weighted by molar-refractivity contribution is -0.130. The summed E-state index contributed by atoms with van der Waals surface area (Å²) in [4.78, 5) is 32.6. The van der Waals surface area contributed by atoms with Gasteiger partial charge in [0.25, 0.3) is 5.91 Å². The molecule has 0 radical (unpaired) electrons. The Labute approximate surface area is 184 Å². The Kier molecular flexibility index (Phi) is 5.50. The topological polar surface area (TPSA) is 85.6 Å². The maximum absolute atomic E-state index is 13.1. The van der Waals surface area contributed by atoms with Gasteiger partial charge in [0.05, 0.1) is 11.3 Å². The molecule has 1 N–H and O–H groups in total. The van der Waals surface area contributed by atoms with Crippen molar-refractivity contribution in [2.45, 2.75) is 39.5 Å². The van der Waals surface area contributed by atoms with Crippen LogP contribution in [0.25, 0.3) is 0 Å². The predicted molar refractivity (Wildman–Crippen MR) is 121 cm³/mol. The Balaban J connectivity index is 1.65. The van der Waals surface area contributed by atoms with Crippen molar-refractivity contribution in [1.82, 2.24) is 5.32 Å². The summed E-state index contributed by atoms with van der Waals surface area (Å²) in [6.45, 7) is 3.94. The minimum Gasteiger partial charge on any atom is -0.301 e. The smallest absolute Gasteiger partial charge is 0.251 e. The van der Waals surface area contributed by atoms with Crippen molar-refractivity contribution in [3.8, 4) is 6.07 Å². The number of nitrogens with one attached hydrogen (secondary N) is 1. The van der Waals surface area contributed by atoms with Crippen molar-refractivity contribution in [3.05, 3.63) is 45.3 Å². The zero-order chi connectivity index (χ0) is 21.4. The Morgan fingerprint density at radius 2 is 2.03 bits per heavy atom. The van der Waals surface area contributed by atoms with E-state index in [1.165, 1.54) is 27.3 Å². The average Bonchev–Trinajstić information content (AvgIpc) is 3.07. The Morgan fingerprint density at radius 1 is 1.27 bits per heavy atom. The van der Waals surface area contributed by atoms with Crippen LogP contribution in [0.1, 0.15) is 40.0 Å². The number of nitriles is 1. The van der Waals surface area contributed by atoms with Crippen LogP contribution in [0.15, 0.2) is 23.2 Å². The molecule has 0 spiro atoms. The first kappa shape index (κ1) is 20.4. The summed E-state index contributed by atoms with van der Waals surface area (Å²) in [5.41, 5.74) is 4.36. The van der Waals surface area contributed by atoms with Gasteiger partial charge < -0.3 is 5.32 Å². The molecule has 6 nitrogen and oxygen atoms in total. The van der Waals surface area contributed by atoms with Crippen molar-refractivity contribution in [3.63, 3.8) is 0 Å². The average molecular weight is 437 g/mol. The standard InChI is InChI=1S/C22H20N4O2S2/c1-12-7-8-14(9-13(12)2)26-21(28)17(19(27)25-22(26)29)11-24-20-16(10-23)15-5-3-4-6-18(15)30-20/h7-9,11,17H,3-6H2,1-2H3,(H,25,27,29)/b24-11+. The number of thiophene rings is 1. The van der Waals surface area contributed by atoms with E-state index in [1.54, 1.807) is 6.07 Å². The van der Waals surface area contributed by atoms with Crippen LogP contribution in [0.2, 0.25) is 0 Å². The van der Waals surface area contributed by atoms with Gasteiger partial charge in [-0.15, -0.1) is 11.3 Å². The highest BCUT2D eigenvalue weighted by Gasteiger charge is 2.38. The number of nitrogens with zero attached hydrogens (tertiary/aromatic N) is 3. The predicted octanol–water partition coefficient (Wildman–Crippen LogP) is 3.88. The second-order valence-corrected chi connectivity index (χ2v) is 8.97. The summed E-state index contributed by atoms with van der Waals surface area (Å²) in [7, 11) is 0. The molecule has 1 unspecified atom stereocenters. The fraction of sp³-hybridized carbons (Fsp3) is 0.318. The fourth-order valence-corrected chi connectivity index (χ4v) is 5.22. The number of fused-ring (bicyclic) bond motifs is 1. The van der Waals surface area contributed by atoms with E-state index in [9.17, 15) is 14.9 Å². The summed E-state index contributed by atoms with van der Waals surface area (Å²) in [5, 5.41) is 12.8.